The number of ether oxygens (including phenoxy) is 1. The largest absolute Gasteiger partial charge is 0.461 e. The molecule has 34 heavy (non-hydrogen) atoms. The van der Waals surface area contributed by atoms with Crippen molar-refractivity contribution in [3.63, 3.8) is 0 Å². The number of rotatable bonds is 8. The van der Waals surface area contributed by atoms with Gasteiger partial charge in [0, 0.05) is 28.7 Å². The maximum Gasteiger partial charge on any atom is 0.356 e. The summed E-state index contributed by atoms with van der Waals surface area (Å²) in [6.07, 6.45) is 7.53. The lowest BCUT2D eigenvalue weighted by atomic mass is 10.2. The van der Waals surface area contributed by atoms with Crippen LogP contribution in [0.4, 0.5) is 5.69 Å². The molecule has 0 radical (unpaired) electrons. The first-order valence-corrected chi connectivity index (χ1v) is 13.4. The minimum atomic E-state index is -0.318. The number of H-pyrrole nitrogens is 1. The van der Waals surface area contributed by atoms with Gasteiger partial charge in [-0.05, 0) is 51.3 Å². The zero-order valence-corrected chi connectivity index (χ0v) is 21.1. The average Bonchev–Trinajstić information content (AvgIpc) is 3.59. The molecule has 180 valence electrons. The molecule has 0 saturated heterocycles. The minimum absolute atomic E-state index is 0.184. The van der Waals surface area contributed by atoms with E-state index >= 15 is 0 Å². The first-order valence-electron chi connectivity index (χ1n) is 12.0. The zero-order chi connectivity index (χ0) is 23.7. The van der Waals surface area contributed by atoms with Crippen LogP contribution >= 0.6 is 23.4 Å². The van der Waals surface area contributed by atoms with Gasteiger partial charge in [0.15, 0.2) is 0 Å². The first kappa shape index (κ1) is 23.3. The number of esters is 1. The summed E-state index contributed by atoms with van der Waals surface area (Å²) in [6, 6.07) is 6.87. The highest BCUT2D eigenvalue weighted by Gasteiger charge is 2.24. The summed E-state index contributed by atoms with van der Waals surface area (Å²) >= 11 is 8.20. The summed E-state index contributed by atoms with van der Waals surface area (Å²) < 4.78 is 7.08. The van der Waals surface area contributed by atoms with Crippen molar-refractivity contribution in [1.29, 1.82) is 0 Å². The molecule has 5 rings (SSSR count). The van der Waals surface area contributed by atoms with Crippen molar-refractivity contribution in [3.05, 3.63) is 46.6 Å². The maximum absolute atomic E-state index is 12.3. The minimum Gasteiger partial charge on any atom is -0.461 e. The molecule has 0 spiro atoms. The monoisotopic (exact) mass is 499 g/mol. The van der Waals surface area contributed by atoms with Crippen LogP contribution in [0.2, 0.25) is 5.02 Å². The lowest BCUT2D eigenvalue weighted by Crippen LogP contribution is -2.16. The van der Waals surface area contributed by atoms with E-state index < -0.39 is 0 Å². The number of nitrogens with one attached hydrogen (secondary N) is 2. The van der Waals surface area contributed by atoms with E-state index in [0.717, 1.165) is 44.5 Å². The van der Waals surface area contributed by atoms with Gasteiger partial charge < -0.3 is 19.6 Å². The number of aryl methyl sites for hydroxylation is 2. The van der Waals surface area contributed by atoms with Crippen molar-refractivity contribution in [3.8, 4) is 0 Å². The second kappa shape index (κ2) is 10.0. The molecule has 9 heteroatoms. The SMILES string of the molecule is CCOC(=O)c1c(C)ncn1CCC1CSC(c2cc3cc(Cl)cc(NC4CCCC4)c3[nH]2)=N1. The summed E-state index contributed by atoms with van der Waals surface area (Å²) in [5.74, 6) is 0.599. The van der Waals surface area contributed by atoms with E-state index in [1.54, 1.807) is 18.1 Å². The van der Waals surface area contributed by atoms with Crippen LogP contribution < -0.4 is 5.32 Å². The number of anilines is 1. The van der Waals surface area contributed by atoms with E-state index in [-0.39, 0.29) is 12.0 Å². The van der Waals surface area contributed by atoms with Gasteiger partial charge in [0.05, 0.1) is 41.6 Å². The number of hydrogen-bond acceptors (Lipinski definition) is 6. The Hall–Kier alpha value is -2.45. The number of hydrogen-bond donors (Lipinski definition) is 2. The Kier molecular flexibility index (Phi) is 6.88. The first-order chi connectivity index (χ1) is 16.5. The number of aromatic amines is 1. The lowest BCUT2D eigenvalue weighted by Gasteiger charge is -2.14. The molecule has 1 saturated carbocycles. The molecule has 0 amide bonds. The molecular formula is C25H30ClN5O2S. The number of nitrogens with zero attached hydrogens (tertiary/aromatic N) is 3. The smallest absolute Gasteiger partial charge is 0.356 e. The third-order valence-electron chi connectivity index (χ3n) is 6.54. The number of aliphatic imine (C=N–C) groups is 1. The Labute approximate surface area is 208 Å². The quantitative estimate of drug-likeness (QED) is 0.382. The number of benzene rings is 1. The van der Waals surface area contributed by atoms with Gasteiger partial charge in [-0.2, -0.15) is 0 Å². The van der Waals surface area contributed by atoms with Crippen LogP contribution in [-0.4, -0.2) is 50.0 Å². The summed E-state index contributed by atoms with van der Waals surface area (Å²) in [7, 11) is 0. The van der Waals surface area contributed by atoms with E-state index in [1.165, 1.54) is 25.7 Å². The van der Waals surface area contributed by atoms with Gasteiger partial charge in [0.25, 0.3) is 0 Å². The van der Waals surface area contributed by atoms with Gasteiger partial charge in [-0.1, -0.05) is 24.4 Å². The highest BCUT2D eigenvalue weighted by molar-refractivity contribution is 8.14. The summed E-state index contributed by atoms with van der Waals surface area (Å²) in [4.78, 5) is 25.2. The van der Waals surface area contributed by atoms with E-state index in [1.807, 2.05) is 30.5 Å². The van der Waals surface area contributed by atoms with Gasteiger partial charge in [-0.25, -0.2) is 9.78 Å². The van der Waals surface area contributed by atoms with Crippen LogP contribution in [0.3, 0.4) is 0 Å². The molecule has 1 aliphatic carbocycles. The second-order valence-corrected chi connectivity index (χ2v) is 10.5. The lowest BCUT2D eigenvalue weighted by molar-refractivity contribution is 0.0512. The molecular weight excluding hydrogens is 470 g/mol. The molecule has 1 atom stereocenters. The Bertz CT molecular complexity index is 1230. The Morgan fingerprint density at radius 1 is 1.32 bits per heavy atom. The van der Waals surface area contributed by atoms with Crippen LogP contribution in [0.25, 0.3) is 10.9 Å². The van der Waals surface area contributed by atoms with Crippen LogP contribution in [-0.2, 0) is 11.3 Å². The summed E-state index contributed by atoms with van der Waals surface area (Å²) in [5.41, 5.74) is 4.42. The van der Waals surface area contributed by atoms with E-state index in [4.69, 9.17) is 21.3 Å². The number of thioether (sulfide) groups is 1. The van der Waals surface area contributed by atoms with Crippen molar-refractivity contribution >= 4 is 51.0 Å². The normalized spacial score (nSPS) is 18.6. The highest BCUT2D eigenvalue weighted by atomic mass is 35.5. The average molecular weight is 500 g/mol. The Morgan fingerprint density at radius 2 is 2.15 bits per heavy atom. The molecule has 2 aliphatic rings. The molecule has 1 unspecified atom stereocenters. The van der Waals surface area contributed by atoms with Gasteiger partial charge in [-0.3, -0.25) is 4.99 Å². The number of fused-ring (bicyclic) bond motifs is 1. The third kappa shape index (κ3) is 4.84. The standard InChI is InChI=1S/C25H30ClN5O2S/c1-3-33-25(32)23-15(2)27-14-31(23)9-8-19-13-34-24(29-19)21-11-16-10-17(26)12-20(22(16)30-21)28-18-6-4-5-7-18/h10-12,14,18-19,28,30H,3-9,13H2,1-2H3. The van der Waals surface area contributed by atoms with Crippen LogP contribution in [0, 0.1) is 6.92 Å². The van der Waals surface area contributed by atoms with Crippen molar-refractivity contribution in [2.75, 3.05) is 17.7 Å². The fourth-order valence-electron chi connectivity index (χ4n) is 4.84. The maximum atomic E-state index is 12.3. The number of halogens is 1. The molecule has 1 aliphatic heterocycles. The molecule has 0 bridgehead atoms. The van der Waals surface area contributed by atoms with Crippen molar-refractivity contribution in [1.82, 2.24) is 14.5 Å². The molecule has 3 aromatic rings. The van der Waals surface area contributed by atoms with Gasteiger partial charge in [0.1, 0.15) is 10.7 Å². The van der Waals surface area contributed by atoms with Crippen molar-refractivity contribution < 1.29 is 9.53 Å². The van der Waals surface area contributed by atoms with Gasteiger partial charge in [-0.15, -0.1) is 11.8 Å². The molecule has 1 fully saturated rings. The van der Waals surface area contributed by atoms with E-state index in [9.17, 15) is 4.79 Å². The number of carbonyl (C=O) groups excluding carboxylic acids is 1. The molecule has 1 aromatic carbocycles. The van der Waals surface area contributed by atoms with E-state index in [0.29, 0.717) is 30.6 Å². The number of imidazole rings is 1. The molecule has 7 nitrogen and oxygen atoms in total. The fourth-order valence-corrected chi connectivity index (χ4v) is 6.15. The van der Waals surface area contributed by atoms with Crippen molar-refractivity contribution in [2.45, 2.75) is 64.6 Å². The van der Waals surface area contributed by atoms with Crippen LogP contribution in [0.1, 0.15) is 60.9 Å². The second-order valence-electron chi connectivity index (χ2n) is 9.01. The van der Waals surface area contributed by atoms with Gasteiger partial charge >= 0.3 is 5.97 Å². The summed E-state index contributed by atoms with van der Waals surface area (Å²) in [6.45, 7) is 4.67. The van der Waals surface area contributed by atoms with Crippen LogP contribution in [0.5, 0.6) is 0 Å². The van der Waals surface area contributed by atoms with Crippen molar-refractivity contribution in [2.24, 2.45) is 4.99 Å². The van der Waals surface area contributed by atoms with Gasteiger partial charge in [0.2, 0.25) is 0 Å². The fraction of sp³-hybridized carbons (Fsp3) is 0.480. The predicted octanol–water partition coefficient (Wildman–Crippen LogP) is 5.81. The zero-order valence-electron chi connectivity index (χ0n) is 19.6. The Morgan fingerprint density at radius 3 is 2.94 bits per heavy atom. The molecule has 3 heterocycles. The topological polar surface area (TPSA) is 84.3 Å². The molecule has 2 aromatic heterocycles. The third-order valence-corrected chi connectivity index (χ3v) is 7.91. The highest BCUT2D eigenvalue weighted by Crippen LogP contribution is 2.33. The summed E-state index contributed by atoms with van der Waals surface area (Å²) in [5, 5.41) is 6.56. The number of carbonyl (C=O) groups is 1. The Balaban J connectivity index is 1.31. The molecule has 2 N–H and O–H groups in total. The number of aromatic nitrogens is 3. The predicted molar refractivity (Wildman–Crippen MR) is 140 cm³/mol. The van der Waals surface area contributed by atoms with E-state index in [2.05, 4.69) is 21.4 Å². The van der Waals surface area contributed by atoms with Crippen LogP contribution in [0.15, 0.2) is 29.5 Å².